The summed E-state index contributed by atoms with van der Waals surface area (Å²) in [4.78, 5) is 0. The lowest BCUT2D eigenvalue weighted by Gasteiger charge is -2.08. The second kappa shape index (κ2) is 8.58. The molecule has 0 radical (unpaired) electrons. The molecular formula is C23H21N3. The van der Waals surface area contributed by atoms with Crippen molar-refractivity contribution < 1.29 is 0 Å². The van der Waals surface area contributed by atoms with Crippen LogP contribution in [0.3, 0.4) is 0 Å². The fraction of sp³-hybridized carbons (Fsp3) is 0.0435. The van der Waals surface area contributed by atoms with Crippen molar-refractivity contribution in [1.29, 1.82) is 0 Å². The quantitative estimate of drug-likeness (QED) is 0.808. The molecular weight excluding hydrogens is 318 g/mol. The molecule has 1 aliphatic carbocycles. The third-order valence-electron chi connectivity index (χ3n) is 3.92. The second-order valence-electron chi connectivity index (χ2n) is 5.92. The lowest BCUT2D eigenvalue weighted by Crippen LogP contribution is -2.00. The van der Waals surface area contributed by atoms with E-state index < -0.39 is 0 Å². The van der Waals surface area contributed by atoms with Crippen LogP contribution < -0.4 is 5.73 Å². The summed E-state index contributed by atoms with van der Waals surface area (Å²) in [6.45, 7) is 2.07. The van der Waals surface area contributed by atoms with Crippen LogP contribution in [0.4, 0.5) is 5.82 Å². The highest BCUT2D eigenvalue weighted by Gasteiger charge is 2.08. The topological polar surface area (TPSA) is 51.8 Å². The fourth-order valence-electron chi connectivity index (χ4n) is 2.53. The summed E-state index contributed by atoms with van der Waals surface area (Å²) in [5, 5.41) is 8.40. The zero-order valence-corrected chi connectivity index (χ0v) is 14.7. The highest BCUT2D eigenvalue weighted by Crippen LogP contribution is 2.26. The molecule has 1 aliphatic rings. The van der Waals surface area contributed by atoms with Gasteiger partial charge in [0.15, 0.2) is 5.82 Å². The standard InChI is InChI=1S/C23H21N3/c1-18-11-5-2-3-6-13-19(14-10-9-12-18)21-17-22(25-26-23(21)24)20-15-7-4-8-16-20/h2-17H,1H3,(H2,24,26)/b3-2?,5-2-,6-3-,10-9?,11-5?,12-9?,13-6?,14-10-,18-11?,18-12?,19-13+,19-14?. The number of hydrogen-bond acceptors (Lipinski definition) is 3. The number of nitrogens with two attached hydrogens (primary N) is 1. The molecule has 0 saturated carbocycles. The zero-order chi connectivity index (χ0) is 18.2. The van der Waals surface area contributed by atoms with Crippen LogP contribution in [0.2, 0.25) is 0 Å². The first-order valence-electron chi connectivity index (χ1n) is 8.50. The Morgan fingerprint density at radius 3 is 2.31 bits per heavy atom. The van der Waals surface area contributed by atoms with Gasteiger partial charge in [0.05, 0.1) is 5.69 Å². The molecule has 2 aromatic rings. The Hall–Kier alpha value is -3.46. The van der Waals surface area contributed by atoms with Gasteiger partial charge >= 0.3 is 0 Å². The average molecular weight is 339 g/mol. The summed E-state index contributed by atoms with van der Waals surface area (Å²) >= 11 is 0. The van der Waals surface area contributed by atoms with Crippen LogP contribution in [0.25, 0.3) is 16.8 Å². The van der Waals surface area contributed by atoms with Gasteiger partial charge in [-0.3, -0.25) is 0 Å². The van der Waals surface area contributed by atoms with Gasteiger partial charge in [-0.15, -0.1) is 10.2 Å². The number of nitrogens with zero attached hydrogens (tertiary/aromatic N) is 2. The molecule has 0 spiro atoms. The lowest BCUT2D eigenvalue weighted by atomic mass is 10.0. The van der Waals surface area contributed by atoms with E-state index in [1.807, 2.05) is 85.0 Å². The largest absolute Gasteiger partial charge is 0.382 e. The summed E-state index contributed by atoms with van der Waals surface area (Å²) in [6, 6.07) is 12.0. The molecule has 0 unspecified atom stereocenters. The Kier molecular flexibility index (Phi) is 5.73. The molecule has 1 aromatic carbocycles. The number of hydrogen-bond donors (Lipinski definition) is 1. The van der Waals surface area contributed by atoms with Crippen LogP contribution >= 0.6 is 0 Å². The van der Waals surface area contributed by atoms with Crippen molar-refractivity contribution in [2.75, 3.05) is 5.73 Å². The van der Waals surface area contributed by atoms with E-state index in [9.17, 15) is 0 Å². The Morgan fingerprint density at radius 1 is 0.769 bits per heavy atom. The maximum Gasteiger partial charge on any atom is 0.154 e. The summed E-state index contributed by atoms with van der Waals surface area (Å²) in [5.41, 5.74) is 11.0. The normalized spacial score (nSPS) is 20.0. The third-order valence-corrected chi connectivity index (χ3v) is 3.92. The minimum atomic E-state index is 0.414. The molecule has 0 fully saturated rings. The number of aromatic nitrogens is 2. The Balaban J connectivity index is 2.03. The van der Waals surface area contributed by atoms with Gasteiger partial charge in [0.2, 0.25) is 0 Å². The molecule has 1 heterocycles. The van der Waals surface area contributed by atoms with Gasteiger partial charge < -0.3 is 5.73 Å². The maximum atomic E-state index is 6.12. The summed E-state index contributed by atoms with van der Waals surface area (Å²) in [5.74, 6) is 0.414. The smallest absolute Gasteiger partial charge is 0.154 e. The van der Waals surface area contributed by atoms with Crippen LogP contribution in [0.1, 0.15) is 12.5 Å². The van der Waals surface area contributed by atoms with E-state index in [1.54, 1.807) is 0 Å². The fourth-order valence-corrected chi connectivity index (χ4v) is 2.53. The van der Waals surface area contributed by atoms with Crippen molar-refractivity contribution in [3.63, 3.8) is 0 Å². The molecule has 0 saturated heterocycles. The highest BCUT2D eigenvalue weighted by atomic mass is 15.1. The van der Waals surface area contributed by atoms with Gasteiger partial charge in [0, 0.05) is 11.1 Å². The van der Waals surface area contributed by atoms with E-state index in [0.29, 0.717) is 5.82 Å². The molecule has 3 heteroatoms. The van der Waals surface area contributed by atoms with Crippen molar-refractivity contribution in [2.45, 2.75) is 6.92 Å². The van der Waals surface area contributed by atoms with Crippen molar-refractivity contribution in [2.24, 2.45) is 0 Å². The first kappa shape index (κ1) is 17.4. The zero-order valence-electron chi connectivity index (χ0n) is 14.7. The molecule has 26 heavy (non-hydrogen) atoms. The molecule has 128 valence electrons. The van der Waals surface area contributed by atoms with Crippen molar-refractivity contribution in [1.82, 2.24) is 10.2 Å². The minimum Gasteiger partial charge on any atom is -0.382 e. The first-order chi connectivity index (χ1) is 12.7. The van der Waals surface area contributed by atoms with E-state index in [2.05, 4.69) is 29.3 Å². The van der Waals surface area contributed by atoms with Crippen LogP contribution in [0, 0.1) is 0 Å². The van der Waals surface area contributed by atoms with Gasteiger partial charge in [-0.1, -0.05) is 96.7 Å². The monoisotopic (exact) mass is 339 g/mol. The van der Waals surface area contributed by atoms with Gasteiger partial charge in [-0.05, 0) is 18.6 Å². The number of nitrogen functional groups attached to an aromatic ring is 1. The van der Waals surface area contributed by atoms with Gasteiger partial charge in [-0.2, -0.15) is 0 Å². The van der Waals surface area contributed by atoms with E-state index in [4.69, 9.17) is 5.73 Å². The molecule has 3 rings (SSSR count). The summed E-state index contributed by atoms with van der Waals surface area (Å²) in [7, 11) is 0. The minimum absolute atomic E-state index is 0.414. The first-order valence-corrected chi connectivity index (χ1v) is 8.50. The Bertz CT molecular complexity index is 943. The van der Waals surface area contributed by atoms with Gasteiger partial charge in [0.25, 0.3) is 0 Å². The molecule has 2 N–H and O–H groups in total. The van der Waals surface area contributed by atoms with Crippen molar-refractivity contribution in [3.05, 3.63) is 108 Å². The van der Waals surface area contributed by atoms with E-state index in [-0.39, 0.29) is 0 Å². The molecule has 0 atom stereocenters. The van der Waals surface area contributed by atoms with Crippen LogP contribution in [0.5, 0.6) is 0 Å². The molecule has 1 aromatic heterocycles. The SMILES string of the molecule is CC1=C\C=C/C=C\C=C(c2cc(-c3ccccc3)nnc2N)/C=C\C=C1. The average Bonchev–Trinajstić information content (AvgIpc) is 2.66. The molecule has 0 amide bonds. The van der Waals surface area contributed by atoms with Gasteiger partial charge in [-0.25, -0.2) is 0 Å². The molecule has 0 aliphatic heterocycles. The Morgan fingerprint density at radius 2 is 1.50 bits per heavy atom. The molecule has 3 nitrogen and oxygen atoms in total. The van der Waals surface area contributed by atoms with Crippen LogP contribution in [0.15, 0.2) is 103 Å². The predicted octanol–water partition coefficient (Wildman–Crippen LogP) is 5.29. The van der Waals surface area contributed by atoms with Crippen molar-refractivity contribution >= 4 is 11.4 Å². The third kappa shape index (κ3) is 4.54. The second-order valence-corrected chi connectivity index (χ2v) is 5.92. The highest BCUT2D eigenvalue weighted by molar-refractivity contribution is 5.82. The molecule has 0 bridgehead atoms. The van der Waals surface area contributed by atoms with Crippen LogP contribution in [-0.4, -0.2) is 10.2 Å². The lowest BCUT2D eigenvalue weighted by molar-refractivity contribution is 1.04. The number of rotatable bonds is 2. The predicted molar refractivity (Wildman–Crippen MR) is 110 cm³/mol. The van der Waals surface area contributed by atoms with E-state index >= 15 is 0 Å². The van der Waals surface area contributed by atoms with Gasteiger partial charge in [0.1, 0.15) is 0 Å². The number of benzene rings is 1. The van der Waals surface area contributed by atoms with Crippen LogP contribution in [-0.2, 0) is 0 Å². The van der Waals surface area contributed by atoms with E-state index in [0.717, 1.165) is 22.4 Å². The summed E-state index contributed by atoms with van der Waals surface area (Å²) in [6.07, 6.45) is 20.2. The number of allylic oxidation sites excluding steroid dienone is 12. The Labute approximate surface area is 154 Å². The number of anilines is 1. The van der Waals surface area contributed by atoms with Crippen molar-refractivity contribution in [3.8, 4) is 11.3 Å². The maximum absolute atomic E-state index is 6.12. The summed E-state index contributed by atoms with van der Waals surface area (Å²) < 4.78 is 0. The van der Waals surface area contributed by atoms with E-state index in [1.165, 1.54) is 5.57 Å².